The van der Waals surface area contributed by atoms with Gasteiger partial charge in [0.25, 0.3) is 0 Å². The fourth-order valence-corrected chi connectivity index (χ4v) is 3.60. The first kappa shape index (κ1) is 15.6. The van der Waals surface area contributed by atoms with E-state index in [1.54, 1.807) is 0 Å². The van der Waals surface area contributed by atoms with Crippen LogP contribution < -0.4 is 4.90 Å². The van der Waals surface area contributed by atoms with Gasteiger partial charge in [-0.3, -0.25) is 0 Å². The van der Waals surface area contributed by atoms with E-state index in [-0.39, 0.29) is 0 Å². The molecule has 0 aliphatic carbocycles. The second kappa shape index (κ2) is 7.30. The SMILES string of the molecule is C=CCN1CCc2cc(CCCN3CCN(C)CC3)ccc21. The number of likely N-dealkylation sites (N-methyl/N-ethyl adjacent to an activating group) is 1. The molecule has 1 aromatic carbocycles. The fourth-order valence-electron chi connectivity index (χ4n) is 3.60. The Hall–Kier alpha value is -1.32. The number of nitrogens with zero attached hydrogens (tertiary/aromatic N) is 3. The van der Waals surface area contributed by atoms with Crippen molar-refractivity contribution in [1.82, 2.24) is 9.80 Å². The highest BCUT2D eigenvalue weighted by Crippen LogP contribution is 2.29. The number of fused-ring (bicyclic) bond motifs is 1. The van der Waals surface area contributed by atoms with Crippen LogP contribution in [0.15, 0.2) is 30.9 Å². The molecule has 2 aliphatic heterocycles. The highest BCUT2D eigenvalue weighted by molar-refractivity contribution is 5.59. The van der Waals surface area contributed by atoms with Crippen LogP contribution >= 0.6 is 0 Å². The maximum absolute atomic E-state index is 3.85. The van der Waals surface area contributed by atoms with Crippen LogP contribution in [0.25, 0.3) is 0 Å². The zero-order valence-electron chi connectivity index (χ0n) is 13.9. The summed E-state index contributed by atoms with van der Waals surface area (Å²) in [5.41, 5.74) is 4.45. The summed E-state index contributed by atoms with van der Waals surface area (Å²) in [6.45, 7) is 12.1. The maximum Gasteiger partial charge on any atom is 0.0402 e. The van der Waals surface area contributed by atoms with Gasteiger partial charge in [0.2, 0.25) is 0 Å². The molecular weight excluding hydrogens is 270 g/mol. The first-order chi connectivity index (χ1) is 10.8. The van der Waals surface area contributed by atoms with Crippen molar-refractivity contribution in [3.63, 3.8) is 0 Å². The largest absolute Gasteiger partial charge is 0.367 e. The van der Waals surface area contributed by atoms with E-state index >= 15 is 0 Å². The van der Waals surface area contributed by atoms with Crippen molar-refractivity contribution in [2.45, 2.75) is 19.3 Å². The van der Waals surface area contributed by atoms with E-state index in [9.17, 15) is 0 Å². The first-order valence-electron chi connectivity index (χ1n) is 8.65. The molecule has 120 valence electrons. The maximum atomic E-state index is 3.85. The van der Waals surface area contributed by atoms with Gasteiger partial charge in [-0.05, 0) is 50.0 Å². The monoisotopic (exact) mass is 299 g/mol. The Bertz CT molecular complexity index is 503. The second-order valence-electron chi connectivity index (χ2n) is 6.70. The van der Waals surface area contributed by atoms with E-state index in [2.05, 4.69) is 46.5 Å². The van der Waals surface area contributed by atoms with Crippen LogP contribution in [0, 0.1) is 0 Å². The van der Waals surface area contributed by atoms with Gasteiger partial charge in [0.15, 0.2) is 0 Å². The zero-order chi connectivity index (χ0) is 15.4. The molecule has 0 radical (unpaired) electrons. The minimum absolute atomic E-state index is 0.968. The minimum Gasteiger partial charge on any atom is -0.367 e. The third-order valence-corrected chi connectivity index (χ3v) is 5.02. The van der Waals surface area contributed by atoms with Gasteiger partial charge in [-0.15, -0.1) is 6.58 Å². The summed E-state index contributed by atoms with van der Waals surface area (Å²) in [5.74, 6) is 0. The van der Waals surface area contributed by atoms with E-state index < -0.39 is 0 Å². The Balaban J connectivity index is 1.48. The molecule has 0 aromatic heterocycles. The summed E-state index contributed by atoms with van der Waals surface area (Å²) in [4.78, 5) is 7.46. The van der Waals surface area contributed by atoms with Crippen molar-refractivity contribution < 1.29 is 0 Å². The number of anilines is 1. The standard InChI is InChI=1S/C19H29N3/c1-3-9-22-11-8-18-16-17(6-7-19(18)22)5-4-10-21-14-12-20(2)13-15-21/h3,6-7,16H,1,4-5,8-15H2,2H3. The molecule has 1 aromatic rings. The van der Waals surface area contributed by atoms with Crippen LogP contribution in [0.1, 0.15) is 17.5 Å². The predicted octanol–water partition coefficient (Wildman–Crippen LogP) is 2.42. The van der Waals surface area contributed by atoms with Crippen LogP contribution in [-0.2, 0) is 12.8 Å². The van der Waals surface area contributed by atoms with Crippen LogP contribution in [0.4, 0.5) is 5.69 Å². The van der Waals surface area contributed by atoms with Crippen LogP contribution in [0.3, 0.4) is 0 Å². The van der Waals surface area contributed by atoms with Gasteiger partial charge in [0, 0.05) is 45.0 Å². The summed E-state index contributed by atoms with van der Waals surface area (Å²) in [6, 6.07) is 7.07. The molecule has 0 saturated carbocycles. The van der Waals surface area contributed by atoms with Crippen molar-refractivity contribution in [2.24, 2.45) is 0 Å². The number of rotatable bonds is 6. The zero-order valence-corrected chi connectivity index (χ0v) is 13.9. The number of piperazine rings is 1. The lowest BCUT2D eigenvalue weighted by Crippen LogP contribution is -2.44. The highest BCUT2D eigenvalue weighted by atomic mass is 15.2. The number of hydrogen-bond acceptors (Lipinski definition) is 3. The third kappa shape index (κ3) is 3.71. The molecule has 0 amide bonds. The highest BCUT2D eigenvalue weighted by Gasteiger charge is 2.18. The molecule has 2 heterocycles. The molecule has 3 nitrogen and oxygen atoms in total. The second-order valence-corrected chi connectivity index (χ2v) is 6.70. The first-order valence-corrected chi connectivity index (χ1v) is 8.65. The molecular formula is C19H29N3. The lowest BCUT2D eigenvalue weighted by atomic mass is 10.0. The Morgan fingerprint density at radius 1 is 1.14 bits per heavy atom. The molecule has 0 unspecified atom stereocenters. The molecule has 0 atom stereocenters. The van der Waals surface area contributed by atoms with Gasteiger partial charge in [-0.1, -0.05) is 18.2 Å². The third-order valence-electron chi connectivity index (χ3n) is 5.02. The predicted molar refractivity (Wildman–Crippen MR) is 94.8 cm³/mol. The number of hydrogen-bond donors (Lipinski definition) is 0. The minimum atomic E-state index is 0.968. The normalized spacial score (nSPS) is 19.4. The Labute approximate surface area is 135 Å². The van der Waals surface area contributed by atoms with E-state index in [0.29, 0.717) is 0 Å². The van der Waals surface area contributed by atoms with Crippen molar-refractivity contribution in [3.05, 3.63) is 42.0 Å². The van der Waals surface area contributed by atoms with Crippen molar-refractivity contribution in [1.29, 1.82) is 0 Å². The Morgan fingerprint density at radius 3 is 2.73 bits per heavy atom. The average molecular weight is 299 g/mol. The van der Waals surface area contributed by atoms with Crippen molar-refractivity contribution >= 4 is 5.69 Å². The summed E-state index contributed by atoms with van der Waals surface area (Å²) in [7, 11) is 2.22. The summed E-state index contributed by atoms with van der Waals surface area (Å²) in [6.07, 6.45) is 5.68. The number of benzene rings is 1. The molecule has 3 heteroatoms. The molecule has 1 saturated heterocycles. The summed E-state index contributed by atoms with van der Waals surface area (Å²) >= 11 is 0. The van der Waals surface area contributed by atoms with Crippen molar-refractivity contribution in [2.75, 3.05) is 57.8 Å². The average Bonchev–Trinajstić information content (AvgIpc) is 2.92. The molecule has 0 N–H and O–H groups in total. The van der Waals surface area contributed by atoms with E-state index in [0.717, 1.165) is 13.1 Å². The van der Waals surface area contributed by atoms with Crippen LogP contribution in [0.5, 0.6) is 0 Å². The molecule has 22 heavy (non-hydrogen) atoms. The van der Waals surface area contributed by atoms with Gasteiger partial charge in [0.05, 0.1) is 0 Å². The smallest absolute Gasteiger partial charge is 0.0402 e. The van der Waals surface area contributed by atoms with Crippen LogP contribution in [-0.4, -0.2) is 62.7 Å². The van der Waals surface area contributed by atoms with E-state index in [4.69, 9.17) is 0 Å². The summed E-state index contributed by atoms with van der Waals surface area (Å²) < 4.78 is 0. The molecule has 0 bridgehead atoms. The van der Waals surface area contributed by atoms with Crippen LogP contribution in [0.2, 0.25) is 0 Å². The van der Waals surface area contributed by atoms with Gasteiger partial charge in [-0.2, -0.15) is 0 Å². The Morgan fingerprint density at radius 2 is 1.95 bits per heavy atom. The van der Waals surface area contributed by atoms with Gasteiger partial charge in [0.1, 0.15) is 0 Å². The van der Waals surface area contributed by atoms with E-state index in [1.165, 1.54) is 68.8 Å². The van der Waals surface area contributed by atoms with Gasteiger partial charge in [-0.25, -0.2) is 0 Å². The van der Waals surface area contributed by atoms with Crippen molar-refractivity contribution in [3.8, 4) is 0 Å². The van der Waals surface area contributed by atoms with Gasteiger partial charge < -0.3 is 14.7 Å². The molecule has 1 fully saturated rings. The topological polar surface area (TPSA) is 9.72 Å². The number of aryl methyl sites for hydroxylation is 1. The quantitative estimate of drug-likeness (QED) is 0.747. The fraction of sp³-hybridized carbons (Fsp3) is 0.579. The molecule has 0 spiro atoms. The molecule has 2 aliphatic rings. The lowest BCUT2D eigenvalue weighted by Gasteiger charge is -2.32. The lowest BCUT2D eigenvalue weighted by molar-refractivity contribution is 0.153. The molecule has 3 rings (SSSR count). The Kier molecular flexibility index (Phi) is 5.16. The van der Waals surface area contributed by atoms with Gasteiger partial charge >= 0.3 is 0 Å². The van der Waals surface area contributed by atoms with E-state index in [1.807, 2.05) is 6.08 Å². The summed E-state index contributed by atoms with van der Waals surface area (Å²) in [5, 5.41) is 0.